The third kappa shape index (κ3) is 5.91. The molecule has 1 unspecified atom stereocenters. The normalized spacial score (nSPS) is 17.9. The second-order valence-corrected chi connectivity index (χ2v) is 9.13. The highest BCUT2D eigenvalue weighted by molar-refractivity contribution is 5.75. The largest absolute Gasteiger partial charge is 0.504 e. The van der Waals surface area contributed by atoms with Crippen molar-refractivity contribution in [1.82, 2.24) is 0 Å². The van der Waals surface area contributed by atoms with Gasteiger partial charge >= 0.3 is 5.97 Å². The SMILES string of the molecule is COc1ccc(C[C@H]2COC(=O)[C@@H]2Cc2ccc(O)c(OCC(O)c3ccc(C)cc3)c2)cc1OC. The molecule has 1 fully saturated rings. The Balaban J connectivity index is 1.43. The number of methoxy groups -OCH3 is 2. The van der Waals surface area contributed by atoms with Crippen molar-refractivity contribution in [3.63, 3.8) is 0 Å². The lowest BCUT2D eigenvalue weighted by Gasteiger charge is -2.18. The zero-order chi connectivity index (χ0) is 25.7. The molecule has 3 aromatic rings. The fraction of sp³-hybridized carbons (Fsp3) is 0.345. The van der Waals surface area contributed by atoms with Gasteiger partial charge in [0.2, 0.25) is 0 Å². The molecular formula is C29H32O7. The first-order valence-electron chi connectivity index (χ1n) is 11.9. The van der Waals surface area contributed by atoms with Crippen LogP contribution in [-0.2, 0) is 22.4 Å². The van der Waals surface area contributed by atoms with Gasteiger partial charge in [-0.25, -0.2) is 0 Å². The van der Waals surface area contributed by atoms with Gasteiger partial charge in [0.15, 0.2) is 23.0 Å². The minimum atomic E-state index is -0.829. The Bertz CT molecular complexity index is 1190. The smallest absolute Gasteiger partial charge is 0.309 e. The van der Waals surface area contributed by atoms with Gasteiger partial charge < -0.3 is 29.2 Å². The number of aliphatic hydroxyl groups is 1. The van der Waals surface area contributed by atoms with Crippen LogP contribution in [0.4, 0.5) is 0 Å². The Hall–Kier alpha value is -3.71. The van der Waals surface area contributed by atoms with Crippen LogP contribution >= 0.6 is 0 Å². The number of benzene rings is 3. The second-order valence-electron chi connectivity index (χ2n) is 9.13. The molecule has 2 N–H and O–H groups in total. The maximum Gasteiger partial charge on any atom is 0.309 e. The molecule has 1 aliphatic rings. The minimum absolute atomic E-state index is 0.00266. The highest BCUT2D eigenvalue weighted by Crippen LogP contribution is 2.35. The van der Waals surface area contributed by atoms with Gasteiger partial charge in [0.25, 0.3) is 0 Å². The lowest BCUT2D eigenvalue weighted by Crippen LogP contribution is -2.20. The van der Waals surface area contributed by atoms with E-state index in [1.54, 1.807) is 32.4 Å². The van der Waals surface area contributed by atoms with Crippen LogP contribution in [0.25, 0.3) is 0 Å². The van der Waals surface area contributed by atoms with Crippen molar-refractivity contribution in [3.8, 4) is 23.0 Å². The lowest BCUT2D eigenvalue weighted by molar-refractivity contribution is -0.141. The van der Waals surface area contributed by atoms with E-state index in [4.69, 9.17) is 18.9 Å². The Morgan fingerprint density at radius 2 is 1.58 bits per heavy atom. The molecule has 0 radical (unpaired) electrons. The Morgan fingerprint density at radius 3 is 2.31 bits per heavy atom. The summed E-state index contributed by atoms with van der Waals surface area (Å²) in [6, 6.07) is 18.3. The summed E-state index contributed by atoms with van der Waals surface area (Å²) in [6.45, 7) is 2.32. The number of rotatable bonds is 10. The van der Waals surface area contributed by atoms with Gasteiger partial charge in [-0.1, -0.05) is 42.0 Å². The maximum absolute atomic E-state index is 12.6. The van der Waals surface area contributed by atoms with Gasteiger partial charge in [0.1, 0.15) is 12.7 Å². The van der Waals surface area contributed by atoms with E-state index in [2.05, 4.69) is 0 Å². The second kappa shape index (κ2) is 11.4. The minimum Gasteiger partial charge on any atom is -0.504 e. The van der Waals surface area contributed by atoms with E-state index in [9.17, 15) is 15.0 Å². The zero-order valence-corrected chi connectivity index (χ0v) is 20.8. The van der Waals surface area contributed by atoms with Crippen LogP contribution in [0.2, 0.25) is 0 Å². The first kappa shape index (κ1) is 25.4. The third-order valence-electron chi connectivity index (χ3n) is 6.60. The highest BCUT2D eigenvalue weighted by Gasteiger charge is 2.37. The van der Waals surface area contributed by atoms with Crippen molar-refractivity contribution in [1.29, 1.82) is 0 Å². The van der Waals surface area contributed by atoms with Crippen molar-refractivity contribution < 1.29 is 34.0 Å². The molecule has 0 aliphatic carbocycles. The Labute approximate surface area is 211 Å². The average Bonchev–Trinajstić information content (AvgIpc) is 3.22. The van der Waals surface area contributed by atoms with E-state index < -0.39 is 6.10 Å². The van der Waals surface area contributed by atoms with Gasteiger partial charge in [-0.15, -0.1) is 0 Å². The molecule has 1 saturated heterocycles. The van der Waals surface area contributed by atoms with Crippen LogP contribution < -0.4 is 14.2 Å². The van der Waals surface area contributed by atoms with E-state index in [1.807, 2.05) is 49.4 Å². The summed E-state index contributed by atoms with van der Waals surface area (Å²) in [5.41, 5.74) is 3.71. The lowest BCUT2D eigenvalue weighted by atomic mass is 9.85. The number of aromatic hydroxyl groups is 1. The fourth-order valence-electron chi connectivity index (χ4n) is 4.47. The molecule has 0 spiro atoms. The summed E-state index contributed by atoms with van der Waals surface area (Å²) < 4.78 is 21.9. The fourth-order valence-corrected chi connectivity index (χ4v) is 4.47. The number of hydrogen-bond donors (Lipinski definition) is 2. The molecule has 4 rings (SSSR count). The van der Waals surface area contributed by atoms with Crippen LogP contribution in [-0.4, -0.2) is 43.6 Å². The molecule has 3 aromatic carbocycles. The summed E-state index contributed by atoms with van der Waals surface area (Å²) >= 11 is 0. The highest BCUT2D eigenvalue weighted by atomic mass is 16.5. The first-order chi connectivity index (χ1) is 17.4. The number of ether oxygens (including phenoxy) is 4. The number of carbonyl (C=O) groups excluding carboxylic acids is 1. The molecule has 36 heavy (non-hydrogen) atoms. The third-order valence-corrected chi connectivity index (χ3v) is 6.60. The number of cyclic esters (lactones) is 1. The number of phenolic OH excluding ortho intramolecular Hbond substituents is 1. The van der Waals surface area contributed by atoms with Gasteiger partial charge in [-0.3, -0.25) is 4.79 Å². The summed E-state index contributed by atoms with van der Waals surface area (Å²) in [5, 5.41) is 20.7. The molecule has 0 saturated carbocycles. The molecular weight excluding hydrogens is 460 g/mol. The zero-order valence-electron chi connectivity index (χ0n) is 20.8. The quantitative estimate of drug-likeness (QED) is 0.405. The molecule has 1 heterocycles. The number of carbonyl (C=O) groups is 1. The molecule has 1 aliphatic heterocycles. The summed E-state index contributed by atoms with van der Waals surface area (Å²) in [4.78, 5) is 12.6. The Kier molecular flexibility index (Phi) is 8.00. The topological polar surface area (TPSA) is 94.5 Å². The van der Waals surface area contributed by atoms with Crippen molar-refractivity contribution >= 4 is 5.97 Å². The molecule has 7 heteroatoms. The van der Waals surface area contributed by atoms with E-state index >= 15 is 0 Å². The molecule has 7 nitrogen and oxygen atoms in total. The standard InChI is InChI=1S/C29H32O7/c1-18-4-8-21(9-5-18)25(31)17-35-27-14-20(6-10-24(27)30)13-23-22(16-36-29(23)32)12-19-7-11-26(33-2)28(15-19)34-3/h4-11,14-15,22-23,25,30-31H,12-13,16-17H2,1-3H3/t22-,23+,25?/m0/s1. The monoisotopic (exact) mass is 492 g/mol. The van der Waals surface area contributed by atoms with Crippen LogP contribution in [0.5, 0.6) is 23.0 Å². The molecule has 3 atom stereocenters. The van der Waals surface area contributed by atoms with Gasteiger partial charge in [0, 0.05) is 5.92 Å². The predicted octanol–water partition coefficient (Wildman–Crippen LogP) is 4.40. The summed E-state index contributed by atoms with van der Waals surface area (Å²) in [6.07, 6.45) is 0.277. The van der Waals surface area contributed by atoms with E-state index in [0.717, 1.165) is 22.3 Å². The molecule has 0 bridgehead atoms. The number of phenols is 1. The Morgan fingerprint density at radius 1 is 0.917 bits per heavy atom. The van der Waals surface area contributed by atoms with Gasteiger partial charge in [-0.2, -0.15) is 0 Å². The van der Waals surface area contributed by atoms with Crippen LogP contribution in [0, 0.1) is 18.8 Å². The van der Waals surface area contributed by atoms with Crippen LogP contribution in [0.15, 0.2) is 60.7 Å². The van der Waals surface area contributed by atoms with E-state index in [1.165, 1.54) is 0 Å². The maximum atomic E-state index is 12.6. The predicted molar refractivity (Wildman–Crippen MR) is 135 cm³/mol. The van der Waals surface area contributed by atoms with Crippen LogP contribution in [0.1, 0.15) is 28.4 Å². The van der Waals surface area contributed by atoms with Crippen molar-refractivity contribution in [2.45, 2.75) is 25.9 Å². The molecule has 0 aromatic heterocycles. The summed E-state index contributed by atoms with van der Waals surface area (Å²) in [7, 11) is 3.19. The van der Waals surface area contributed by atoms with Gasteiger partial charge in [-0.05, 0) is 60.7 Å². The van der Waals surface area contributed by atoms with E-state index in [-0.39, 0.29) is 35.9 Å². The van der Waals surface area contributed by atoms with E-state index in [0.29, 0.717) is 30.9 Å². The average molecular weight is 493 g/mol. The van der Waals surface area contributed by atoms with Crippen LogP contribution in [0.3, 0.4) is 0 Å². The number of aliphatic hydroxyl groups excluding tert-OH is 1. The van der Waals surface area contributed by atoms with Gasteiger partial charge in [0.05, 0.1) is 26.7 Å². The first-order valence-corrected chi connectivity index (χ1v) is 11.9. The molecule has 0 amide bonds. The number of aryl methyl sites for hydroxylation is 1. The summed E-state index contributed by atoms with van der Waals surface area (Å²) in [5.74, 6) is 0.981. The number of hydrogen-bond acceptors (Lipinski definition) is 7. The van der Waals surface area contributed by atoms with Crippen molar-refractivity contribution in [3.05, 3.63) is 82.9 Å². The van der Waals surface area contributed by atoms with Crippen molar-refractivity contribution in [2.24, 2.45) is 11.8 Å². The van der Waals surface area contributed by atoms with Crippen molar-refractivity contribution in [2.75, 3.05) is 27.4 Å². The molecule has 190 valence electrons. The number of esters is 1.